The number of rotatable bonds is 6. The molecule has 0 aromatic heterocycles. The summed E-state index contributed by atoms with van der Waals surface area (Å²) in [6.07, 6.45) is 1.76. The first-order chi connectivity index (χ1) is 16.7. The molecule has 0 radical (unpaired) electrons. The topological polar surface area (TPSA) is 58.2 Å². The van der Waals surface area contributed by atoms with Crippen LogP contribution in [0.4, 0.5) is 11.4 Å². The van der Waals surface area contributed by atoms with Crippen LogP contribution in [-0.2, 0) is 9.59 Å². The highest BCUT2D eigenvalue weighted by molar-refractivity contribution is 6.10. The molecule has 4 unspecified atom stereocenters. The van der Waals surface area contributed by atoms with Crippen molar-refractivity contribution < 1.29 is 9.59 Å². The summed E-state index contributed by atoms with van der Waals surface area (Å²) in [5.74, 6) is 0.707. The molecular formula is C30H26N2O2. The molecule has 4 aromatic carbocycles. The Morgan fingerprint density at radius 3 is 1.35 bits per heavy atom. The van der Waals surface area contributed by atoms with Crippen LogP contribution in [0.2, 0.25) is 0 Å². The zero-order valence-corrected chi connectivity index (χ0v) is 18.8. The third kappa shape index (κ3) is 3.96. The maximum Gasteiger partial charge on any atom is 0.228 e. The molecule has 4 heteroatoms. The third-order valence-electron chi connectivity index (χ3n) is 7.15. The molecule has 2 amide bonds. The lowest BCUT2D eigenvalue weighted by Gasteiger charge is -2.13. The van der Waals surface area contributed by atoms with Crippen LogP contribution in [0.3, 0.4) is 0 Å². The Balaban J connectivity index is 1.17. The Kier molecular flexibility index (Phi) is 5.14. The van der Waals surface area contributed by atoms with Crippen molar-refractivity contribution in [1.82, 2.24) is 0 Å². The smallest absolute Gasteiger partial charge is 0.228 e. The second kappa shape index (κ2) is 8.45. The van der Waals surface area contributed by atoms with Gasteiger partial charge < -0.3 is 10.6 Å². The van der Waals surface area contributed by atoms with Gasteiger partial charge in [0.05, 0.1) is 0 Å². The van der Waals surface area contributed by atoms with Gasteiger partial charge in [0.25, 0.3) is 0 Å². The van der Waals surface area contributed by atoms with E-state index >= 15 is 0 Å². The lowest BCUT2D eigenvalue weighted by atomic mass is 10.1. The molecule has 2 saturated carbocycles. The lowest BCUT2D eigenvalue weighted by molar-refractivity contribution is -0.118. The van der Waals surface area contributed by atoms with Gasteiger partial charge in [0.15, 0.2) is 0 Å². The highest BCUT2D eigenvalue weighted by Gasteiger charge is 2.44. The molecule has 0 spiro atoms. The van der Waals surface area contributed by atoms with E-state index < -0.39 is 0 Å². The van der Waals surface area contributed by atoms with Crippen LogP contribution in [0.1, 0.15) is 35.8 Å². The first-order valence-corrected chi connectivity index (χ1v) is 11.9. The van der Waals surface area contributed by atoms with Crippen molar-refractivity contribution in [3.63, 3.8) is 0 Å². The van der Waals surface area contributed by atoms with Crippen LogP contribution in [0, 0.1) is 11.8 Å². The van der Waals surface area contributed by atoms with E-state index in [1.165, 1.54) is 11.1 Å². The third-order valence-corrected chi connectivity index (χ3v) is 7.15. The van der Waals surface area contributed by atoms with Crippen LogP contribution < -0.4 is 10.6 Å². The van der Waals surface area contributed by atoms with Crippen molar-refractivity contribution in [2.24, 2.45) is 11.8 Å². The van der Waals surface area contributed by atoms with Gasteiger partial charge in [-0.15, -0.1) is 0 Å². The molecule has 34 heavy (non-hydrogen) atoms. The van der Waals surface area contributed by atoms with Gasteiger partial charge in [-0.25, -0.2) is 0 Å². The Morgan fingerprint density at radius 2 is 0.941 bits per heavy atom. The highest BCUT2D eigenvalue weighted by Crippen LogP contribution is 2.49. The summed E-state index contributed by atoms with van der Waals surface area (Å²) < 4.78 is 0. The molecule has 0 saturated heterocycles. The van der Waals surface area contributed by atoms with Gasteiger partial charge in [-0.3, -0.25) is 9.59 Å². The average Bonchev–Trinajstić information content (AvgIpc) is 3.79. The predicted octanol–water partition coefficient (Wildman–Crippen LogP) is 6.32. The fraction of sp³-hybridized carbons (Fsp3) is 0.200. The van der Waals surface area contributed by atoms with E-state index in [9.17, 15) is 9.59 Å². The van der Waals surface area contributed by atoms with Gasteiger partial charge in [0, 0.05) is 34.0 Å². The molecular weight excluding hydrogens is 420 g/mol. The standard InChI is InChI=1S/C30H26N2O2/c33-29(25-17-23(25)19-9-3-1-4-10-19)31-27-15-7-14-22-21(27)13-8-16-28(22)32-30(34)26-18-24(26)20-11-5-2-6-12-20/h1-16,23-26H,17-18H2,(H,31,33)(H,32,34). The van der Waals surface area contributed by atoms with Crippen LogP contribution in [-0.4, -0.2) is 11.8 Å². The van der Waals surface area contributed by atoms with Crippen LogP contribution in [0.5, 0.6) is 0 Å². The Hall–Kier alpha value is -3.92. The van der Waals surface area contributed by atoms with Crippen molar-refractivity contribution in [2.75, 3.05) is 10.6 Å². The van der Waals surface area contributed by atoms with Crippen LogP contribution in [0.15, 0.2) is 97.1 Å². The second-order valence-corrected chi connectivity index (χ2v) is 9.40. The maximum atomic E-state index is 13.0. The SMILES string of the molecule is O=C(Nc1cccc2c(NC(=O)C3CC3c3ccccc3)cccc12)C1CC1c1ccccc1. The molecule has 0 aliphatic heterocycles. The van der Waals surface area contributed by atoms with Gasteiger partial charge in [-0.2, -0.15) is 0 Å². The minimum absolute atomic E-state index is 0.00493. The van der Waals surface area contributed by atoms with Gasteiger partial charge in [0.1, 0.15) is 0 Å². The molecule has 4 aromatic rings. The lowest BCUT2D eigenvalue weighted by Crippen LogP contribution is -2.16. The number of benzene rings is 4. The molecule has 4 nitrogen and oxygen atoms in total. The fourth-order valence-electron chi connectivity index (χ4n) is 5.09. The molecule has 2 aliphatic rings. The quantitative estimate of drug-likeness (QED) is 0.364. The van der Waals surface area contributed by atoms with Crippen molar-refractivity contribution in [1.29, 1.82) is 0 Å². The Labute approximate surface area is 199 Å². The summed E-state index contributed by atoms with van der Waals surface area (Å²) in [6.45, 7) is 0. The minimum atomic E-state index is 0.00493. The van der Waals surface area contributed by atoms with Crippen molar-refractivity contribution >= 4 is 34.0 Å². The molecule has 4 atom stereocenters. The number of nitrogens with one attached hydrogen (secondary N) is 2. The summed E-state index contributed by atoms with van der Waals surface area (Å²) in [5.41, 5.74) is 4.01. The molecule has 0 heterocycles. The van der Waals surface area contributed by atoms with Gasteiger partial charge in [-0.05, 0) is 47.9 Å². The molecule has 2 fully saturated rings. The number of carbonyl (C=O) groups excluding carboxylic acids is 2. The largest absolute Gasteiger partial charge is 0.325 e. The van der Waals surface area contributed by atoms with E-state index in [2.05, 4.69) is 34.9 Å². The maximum absolute atomic E-state index is 13.0. The van der Waals surface area contributed by atoms with E-state index in [-0.39, 0.29) is 23.7 Å². The van der Waals surface area contributed by atoms with Crippen LogP contribution in [0.25, 0.3) is 10.8 Å². The van der Waals surface area contributed by atoms with Gasteiger partial charge >= 0.3 is 0 Å². The molecule has 2 N–H and O–H groups in total. The number of hydrogen-bond donors (Lipinski definition) is 2. The summed E-state index contributed by atoms with van der Waals surface area (Å²) in [6, 6.07) is 32.1. The number of amides is 2. The molecule has 168 valence electrons. The van der Waals surface area contributed by atoms with E-state index in [1.807, 2.05) is 72.8 Å². The number of fused-ring (bicyclic) bond motifs is 1. The summed E-state index contributed by atoms with van der Waals surface area (Å²) >= 11 is 0. The minimum Gasteiger partial charge on any atom is -0.325 e. The Morgan fingerprint density at radius 1 is 0.529 bits per heavy atom. The normalized spacial score (nSPS) is 22.7. The first kappa shape index (κ1) is 20.7. The number of carbonyl (C=O) groups is 2. The van der Waals surface area contributed by atoms with Gasteiger partial charge in [-0.1, -0.05) is 84.9 Å². The monoisotopic (exact) mass is 446 g/mol. The summed E-state index contributed by atoms with van der Waals surface area (Å²) in [7, 11) is 0. The molecule has 6 rings (SSSR count). The molecule has 2 aliphatic carbocycles. The van der Waals surface area contributed by atoms with Crippen molar-refractivity contribution in [3.8, 4) is 0 Å². The average molecular weight is 447 g/mol. The van der Waals surface area contributed by atoms with Crippen molar-refractivity contribution in [2.45, 2.75) is 24.7 Å². The Bertz CT molecular complexity index is 1260. The van der Waals surface area contributed by atoms with E-state index in [4.69, 9.17) is 0 Å². The highest BCUT2D eigenvalue weighted by atomic mass is 16.2. The first-order valence-electron chi connectivity index (χ1n) is 11.9. The van der Waals surface area contributed by atoms with Crippen LogP contribution >= 0.6 is 0 Å². The van der Waals surface area contributed by atoms with E-state index in [0.717, 1.165) is 35.0 Å². The predicted molar refractivity (Wildman–Crippen MR) is 136 cm³/mol. The zero-order valence-electron chi connectivity index (χ0n) is 18.8. The molecule has 0 bridgehead atoms. The van der Waals surface area contributed by atoms with E-state index in [1.54, 1.807) is 0 Å². The number of anilines is 2. The van der Waals surface area contributed by atoms with Gasteiger partial charge in [0.2, 0.25) is 11.8 Å². The van der Waals surface area contributed by atoms with Crippen molar-refractivity contribution in [3.05, 3.63) is 108 Å². The second-order valence-electron chi connectivity index (χ2n) is 9.40. The zero-order chi connectivity index (χ0) is 23.1. The number of hydrogen-bond acceptors (Lipinski definition) is 2. The fourth-order valence-corrected chi connectivity index (χ4v) is 5.09. The summed E-state index contributed by atoms with van der Waals surface area (Å²) in [5, 5.41) is 8.14. The van der Waals surface area contributed by atoms with E-state index in [0.29, 0.717) is 11.8 Å². The summed E-state index contributed by atoms with van der Waals surface area (Å²) in [4.78, 5) is 25.9.